The largest absolute Gasteiger partial charge is 0.496 e. The SMILES string of the molecule is COc1ccc([N+](=O)[O-])cc1-c1ccc(/C=N\N2C(=O)[C@@H]3[C@@H](C2=O)[C@H]2C=C[C@H]3C23CC3)o1. The lowest BCUT2D eigenvalue weighted by Gasteiger charge is -2.18. The van der Waals surface area contributed by atoms with Gasteiger partial charge in [0.2, 0.25) is 0 Å². The molecule has 1 aromatic carbocycles. The molecule has 1 aliphatic heterocycles. The van der Waals surface area contributed by atoms with Crippen LogP contribution in [0.3, 0.4) is 0 Å². The van der Waals surface area contributed by atoms with Gasteiger partial charge in [-0.3, -0.25) is 19.7 Å². The molecule has 4 aliphatic rings. The number of ether oxygens (including phenoxy) is 1. The maximum Gasteiger partial charge on any atom is 0.270 e. The molecule has 0 radical (unpaired) electrons. The highest BCUT2D eigenvalue weighted by Crippen LogP contribution is 2.73. The number of hydrogen-bond donors (Lipinski definition) is 0. The molecule has 2 amide bonds. The second kappa shape index (κ2) is 6.38. The van der Waals surface area contributed by atoms with Crippen LogP contribution in [0.4, 0.5) is 5.69 Å². The summed E-state index contributed by atoms with van der Waals surface area (Å²) in [6.45, 7) is 0. The number of hydrazone groups is 1. The monoisotopic (exact) mass is 433 g/mol. The summed E-state index contributed by atoms with van der Waals surface area (Å²) in [6.07, 6.45) is 7.72. The van der Waals surface area contributed by atoms with E-state index in [9.17, 15) is 19.7 Å². The number of methoxy groups -OCH3 is 1. The lowest BCUT2D eigenvalue weighted by Crippen LogP contribution is -2.30. The van der Waals surface area contributed by atoms with E-state index in [0.29, 0.717) is 22.8 Å². The van der Waals surface area contributed by atoms with Crippen molar-refractivity contribution in [3.05, 3.63) is 58.4 Å². The second-order valence-electron chi connectivity index (χ2n) is 8.80. The lowest BCUT2D eigenvalue weighted by molar-refractivity contribution is -0.384. The first-order valence-electron chi connectivity index (χ1n) is 10.5. The Balaban J connectivity index is 1.25. The van der Waals surface area contributed by atoms with Crippen molar-refractivity contribution in [2.45, 2.75) is 12.8 Å². The van der Waals surface area contributed by atoms with Gasteiger partial charge in [0.1, 0.15) is 17.3 Å². The van der Waals surface area contributed by atoms with Gasteiger partial charge in [0, 0.05) is 12.1 Å². The molecule has 32 heavy (non-hydrogen) atoms. The number of carbonyl (C=O) groups excluding carboxylic acids is 2. The number of nitrogens with zero attached hydrogens (tertiary/aromatic N) is 3. The zero-order valence-electron chi connectivity index (χ0n) is 17.1. The fourth-order valence-corrected chi connectivity index (χ4v) is 5.86. The summed E-state index contributed by atoms with van der Waals surface area (Å²) in [4.78, 5) is 36.6. The van der Waals surface area contributed by atoms with Crippen molar-refractivity contribution in [1.82, 2.24) is 5.01 Å². The molecular formula is C23H19N3O6. The fraction of sp³-hybridized carbons (Fsp3) is 0.348. The van der Waals surface area contributed by atoms with Gasteiger partial charge in [-0.2, -0.15) is 10.1 Å². The maximum absolute atomic E-state index is 13.0. The van der Waals surface area contributed by atoms with E-state index in [2.05, 4.69) is 17.3 Å². The summed E-state index contributed by atoms with van der Waals surface area (Å²) in [5, 5.41) is 16.2. The number of fused-ring (bicyclic) bond motifs is 3. The van der Waals surface area contributed by atoms with Crippen LogP contribution in [-0.2, 0) is 9.59 Å². The van der Waals surface area contributed by atoms with Crippen molar-refractivity contribution in [3.63, 3.8) is 0 Å². The Bertz CT molecular complexity index is 1210. The summed E-state index contributed by atoms with van der Waals surface area (Å²) in [7, 11) is 1.46. The van der Waals surface area contributed by atoms with Crippen molar-refractivity contribution in [2.24, 2.45) is 34.2 Å². The standard InChI is InChI=1S/C23H19N3O6/c1-31-17-6-2-12(26(29)30)10-14(17)18-7-3-13(32-18)11-24-25-21(27)19-15-4-5-16(20(19)22(25)28)23(15)8-9-23/h2-7,10-11,15-16,19-20H,8-9H2,1H3/b24-11-/t15-,16-,19+,20+/m1/s1. The topological polar surface area (TPSA) is 115 Å². The number of nitro groups is 1. The molecule has 6 rings (SSSR count). The Hall–Kier alpha value is -3.75. The molecule has 9 heteroatoms. The molecule has 3 fully saturated rings. The van der Waals surface area contributed by atoms with Gasteiger partial charge in [0.25, 0.3) is 17.5 Å². The van der Waals surface area contributed by atoms with E-state index >= 15 is 0 Å². The number of furan rings is 1. The number of non-ortho nitro benzene ring substituents is 1. The Kier molecular flexibility index (Phi) is 3.78. The average Bonchev–Trinajstić information content (AvgIpc) is 3.08. The van der Waals surface area contributed by atoms with E-state index in [4.69, 9.17) is 9.15 Å². The van der Waals surface area contributed by atoms with Gasteiger partial charge in [-0.25, -0.2) is 0 Å². The molecule has 2 saturated carbocycles. The first-order chi connectivity index (χ1) is 15.4. The van der Waals surface area contributed by atoms with Gasteiger partial charge in [-0.15, -0.1) is 0 Å². The van der Waals surface area contributed by atoms with Crippen LogP contribution in [0.25, 0.3) is 11.3 Å². The summed E-state index contributed by atoms with van der Waals surface area (Å²) in [6, 6.07) is 7.46. The predicted molar refractivity (Wildman–Crippen MR) is 112 cm³/mol. The highest BCUT2D eigenvalue weighted by molar-refractivity contribution is 6.07. The van der Waals surface area contributed by atoms with Crippen molar-refractivity contribution < 1.29 is 23.7 Å². The second-order valence-corrected chi connectivity index (χ2v) is 8.80. The predicted octanol–water partition coefficient (Wildman–Crippen LogP) is 3.39. The third kappa shape index (κ3) is 2.41. The number of rotatable bonds is 5. The number of amides is 2. The minimum absolute atomic E-state index is 0.0936. The molecule has 1 aromatic heterocycles. The van der Waals surface area contributed by atoms with Gasteiger partial charge < -0.3 is 9.15 Å². The van der Waals surface area contributed by atoms with Crippen LogP contribution in [0.15, 0.2) is 52.0 Å². The molecule has 3 aliphatic carbocycles. The fourth-order valence-electron chi connectivity index (χ4n) is 5.86. The highest BCUT2D eigenvalue weighted by atomic mass is 16.6. The van der Waals surface area contributed by atoms with E-state index in [1.807, 2.05) is 0 Å². The number of allylic oxidation sites excluding steroid dienone is 2. The summed E-state index contributed by atoms with van der Waals surface area (Å²) < 4.78 is 11.0. The van der Waals surface area contributed by atoms with Gasteiger partial charge >= 0.3 is 0 Å². The third-order valence-corrected chi connectivity index (χ3v) is 7.42. The van der Waals surface area contributed by atoms with Crippen LogP contribution in [0.5, 0.6) is 5.75 Å². The van der Waals surface area contributed by atoms with Crippen LogP contribution in [-0.4, -0.2) is 35.1 Å². The molecule has 4 atom stereocenters. The van der Waals surface area contributed by atoms with Crippen molar-refractivity contribution in [1.29, 1.82) is 0 Å². The van der Waals surface area contributed by atoms with E-state index < -0.39 is 4.92 Å². The zero-order valence-corrected chi connectivity index (χ0v) is 17.1. The van der Waals surface area contributed by atoms with Crippen LogP contribution < -0.4 is 4.74 Å². The number of carbonyl (C=O) groups is 2. The van der Waals surface area contributed by atoms with Crippen molar-refractivity contribution in [2.75, 3.05) is 7.11 Å². The Morgan fingerprint density at radius 2 is 1.84 bits per heavy atom. The molecule has 9 nitrogen and oxygen atoms in total. The molecule has 162 valence electrons. The molecule has 0 unspecified atom stereocenters. The first-order valence-corrected chi connectivity index (χ1v) is 10.5. The summed E-state index contributed by atoms with van der Waals surface area (Å²) in [5.41, 5.74) is 0.467. The third-order valence-electron chi connectivity index (χ3n) is 7.42. The van der Waals surface area contributed by atoms with Crippen LogP contribution in [0.2, 0.25) is 0 Å². The van der Waals surface area contributed by atoms with Gasteiger partial charge in [-0.1, -0.05) is 12.2 Å². The van der Waals surface area contributed by atoms with Crippen molar-refractivity contribution >= 4 is 23.7 Å². The minimum Gasteiger partial charge on any atom is -0.496 e. The Morgan fingerprint density at radius 1 is 1.16 bits per heavy atom. The Labute approximate surface area is 182 Å². The molecule has 1 spiro atoms. The summed E-state index contributed by atoms with van der Waals surface area (Å²) in [5.74, 6) is 0.265. The first kappa shape index (κ1) is 19.0. The molecule has 1 saturated heterocycles. The number of hydrogen-bond acceptors (Lipinski definition) is 7. The van der Waals surface area contributed by atoms with Crippen molar-refractivity contribution in [3.8, 4) is 17.1 Å². The number of imide groups is 1. The molecular weight excluding hydrogens is 414 g/mol. The van der Waals surface area contributed by atoms with Gasteiger partial charge in [-0.05, 0) is 48.3 Å². The quantitative estimate of drug-likeness (QED) is 0.235. The molecule has 0 N–H and O–H groups in total. The average molecular weight is 433 g/mol. The zero-order chi connectivity index (χ0) is 22.2. The van der Waals surface area contributed by atoms with Gasteiger partial charge in [0.05, 0.1) is 35.6 Å². The Morgan fingerprint density at radius 3 is 2.44 bits per heavy atom. The molecule has 2 bridgehead atoms. The van der Waals surface area contributed by atoms with E-state index in [0.717, 1.165) is 17.9 Å². The normalized spacial score (nSPS) is 28.8. The van der Waals surface area contributed by atoms with E-state index in [1.165, 1.54) is 31.5 Å². The minimum atomic E-state index is -0.497. The highest BCUT2D eigenvalue weighted by Gasteiger charge is 2.73. The van der Waals surface area contributed by atoms with Gasteiger partial charge in [0.15, 0.2) is 0 Å². The lowest BCUT2D eigenvalue weighted by atomic mass is 9.85. The summed E-state index contributed by atoms with van der Waals surface area (Å²) >= 11 is 0. The van der Waals surface area contributed by atoms with Crippen LogP contribution in [0.1, 0.15) is 18.6 Å². The van der Waals surface area contributed by atoms with Crippen LogP contribution in [0, 0.1) is 39.2 Å². The molecule has 2 heterocycles. The number of nitro benzene ring substituents is 1. The molecule has 2 aromatic rings. The smallest absolute Gasteiger partial charge is 0.270 e. The van der Waals surface area contributed by atoms with Crippen LogP contribution >= 0.6 is 0 Å². The number of benzene rings is 1. The van der Waals surface area contributed by atoms with E-state index in [-0.39, 0.29) is 46.6 Å². The van der Waals surface area contributed by atoms with E-state index in [1.54, 1.807) is 12.1 Å². The maximum atomic E-state index is 13.0.